The molecular weight excluding hydrogens is 386 g/mol. The standard InChI is InChI=1S/C22H29N3O3S/c1-18-9-10-21(15-19(18)2)29(27,28)23(3)17-22(26)25-13-11-24(12-14-25)16-20-7-5-4-6-8-20/h4-10,15H,11-14,16-17H2,1-3H3. The molecular formula is C22H29N3O3S. The van der Waals surface area contributed by atoms with Gasteiger partial charge in [0.2, 0.25) is 15.9 Å². The third-order valence-corrected chi connectivity index (χ3v) is 7.32. The van der Waals surface area contributed by atoms with E-state index in [2.05, 4.69) is 17.0 Å². The molecule has 0 unspecified atom stereocenters. The first kappa shape index (κ1) is 21.5. The van der Waals surface area contributed by atoms with Gasteiger partial charge in [-0.2, -0.15) is 4.31 Å². The molecule has 1 amide bonds. The maximum atomic E-state index is 12.8. The van der Waals surface area contributed by atoms with Gasteiger partial charge in [0, 0.05) is 39.8 Å². The zero-order valence-corrected chi connectivity index (χ0v) is 18.2. The largest absolute Gasteiger partial charge is 0.339 e. The van der Waals surface area contributed by atoms with Crippen LogP contribution in [-0.4, -0.2) is 68.2 Å². The first-order chi connectivity index (χ1) is 13.8. The summed E-state index contributed by atoms with van der Waals surface area (Å²) in [4.78, 5) is 17.0. The Hall–Kier alpha value is -2.22. The van der Waals surface area contributed by atoms with Crippen LogP contribution in [0.2, 0.25) is 0 Å². The molecule has 7 heteroatoms. The topological polar surface area (TPSA) is 60.9 Å². The predicted molar refractivity (Wildman–Crippen MR) is 114 cm³/mol. The molecule has 156 valence electrons. The van der Waals surface area contributed by atoms with Crippen molar-refractivity contribution in [2.45, 2.75) is 25.3 Å². The van der Waals surface area contributed by atoms with Gasteiger partial charge in [-0.15, -0.1) is 0 Å². The lowest BCUT2D eigenvalue weighted by atomic mass is 10.1. The Bertz CT molecular complexity index is 953. The molecule has 0 aromatic heterocycles. The molecule has 29 heavy (non-hydrogen) atoms. The van der Waals surface area contributed by atoms with Gasteiger partial charge in [0.05, 0.1) is 11.4 Å². The summed E-state index contributed by atoms with van der Waals surface area (Å²) in [6, 6.07) is 15.3. The van der Waals surface area contributed by atoms with Gasteiger partial charge in [-0.05, 0) is 42.7 Å². The van der Waals surface area contributed by atoms with E-state index in [0.29, 0.717) is 13.1 Å². The summed E-state index contributed by atoms with van der Waals surface area (Å²) in [6.07, 6.45) is 0. The Morgan fingerprint density at radius 1 is 0.966 bits per heavy atom. The second-order valence-corrected chi connectivity index (χ2v) is 9.69. The average molecular weight is 416 g/mol. The number of amides is 1. The highest BCUT2D eigenvalue weighted by molar-refractivity contribution is 7.89. The average Bonchev–Trinajstić information content (AvgIpc) is 2.71. The quantitative estimate of drug-likeness (QED) is 0.726. The number of aryl methyl sites for hydroxylation is 2. The van der Waals surface area contributed by atoms with Crippen LogP contribution in [0.5, 0.6) is 0 Å². The number of carbonyl (C=O) groups is 1. The molecule has 0 aliphatic carbocycles. The first-order valence-electron chi connectivity index (χ1n) is 9.85. The maximum absolute atomic E-state index is 12.8. The molecule has 0 spiro atoms. The number of rotatable bonds is 6. The number of sulfonamides is 1. The van der Waals surface area contributed by atoms with E-state index in [1.54, 1.807) is 23.1 Å². The molecule has 0 bridgehead atoms. The smallest absolute Gasteiger partial charge is 0.243 e. The Balaban J connectivity index is 1.55. The van der Waals surface area contributed by atoms with Crippen LogP contribution < -0.4 is 0 Å². The summed E-state index contributed by atoms with van der Waals surface area (Å²) in [6.45, 7) is 7.34. The van der Waals surface area contributed by atoms with Crippen molar-refractivity contribution in [2.24, 2.45) is 0 Å². The molecule has 1 saturated heterocycles. The number of hydrogen-bond donors (Lipinski definition) is 0. The van der Waals surface area contributed by atoms with E-state index >= 15 is 0 Å². The Morgan fingerprint density at radius 3 is 2.24 bits per heavy atom. The monoisotopic (exact) mass is 415 g/mol. The minimum atomic E-state index is -3.69. The lowest BCUT2D eigenvalue weighted by molar-refractivity contribution is -0.133. The number of benzene rings is 2. The fourth-order valence-corrected chi connectivity index (χ4v) is 4.63. The second-order valence-electron chi connectivity index (χ2n) is 7.65. The van der Waals surface area contributed by atoms with E-state index in [-0.39, 0.29) is 17.3 Å². The van der Waals surface area contributed by atoms with Gasteiger partial charge in [0.15, 0.2) is 0 Å². The van der Waals surface area contributed by atoms with E-state index in [1.165, 1.54) is 12.6 Å². The Labute approximate surface area is 173 Å². The fourth-order valence-electron chi connectivity index (χ4n) is 3.43. The van der Waals surface area contributed by atoms with Crippen molar-refractivity contribution in [3.8, 4) is 0 Å². The van der Waals surface area contributed by atoms with E-state index < -0.39 is 10.0 Å². The van der Waals surface area contributed by atoms with Gasteiger partial charge in [-0.1, -0.05) is 36.4 Å². The van der Waals surface area contributed by atoms with Gasteiger partial charge in [-0.25, -0.2) is 8.42 Å². The third-order valence-electron chi connectivity index (χ3n) is 5.52. The minimum absolute atomic E-state index is 0.145. The van der Waals surface area contributed by atoms with Crippen LogP contribution in [0.3, 0.4) is 0 Å². The lowest BCUT2D eigenvalue weighted by Gasteiger charge is -2.35. The molecule has 2 aromatic rings. The van der Waals surface area contributed by atoms with Crippen LogP contribution in [0.25, 0.3) is 0 Å². The SMILES string of the molecule is Cc1ccc(S(=O)(=O)N(C)CC(=O)N2CCN(Cc3ccccc3)CC2)cc1C. The summed E-state index contributed by atoms with van der Waals surface area (Å²) in [5.74, 6) is -0.153. The number of piperazine rings is 1. The molecule has 6 nitrogen and oxygen atoms in total. The van der Waals surface area contributed by atoms with Crippen LogP contribution in [0.15, 0.2) is 53.4 Å². The number of nitrogens with zero attached hydrogens (tertiary/aromatic N) is 3. The van der Waals surface area contributed by atoms with Crippen molar-refractivity contribution in [1.29, 1.82) is 0 Å². The van der Waals surface area contributed by atoms with Crippen LogP contribution in [-0.2, 0) is 21.4 Å². The highest BCUT2D eigenvalue weighted by Crippen LogP contribution is 2.18. The highest BCUT2D eigenvalue weighted by atomic mass is 32.2. The molecule has 1 fully saturated rings. The maximum Gasteiger partial charge on any atom is 0.243 e. The van der Waals surface area contributed by atoms with Crippen molar-refractivity contribution in [1.82, 2.24) is 14.1 Å². The molecule has 3 rings (SSSR count). The third kappa shape index (κ3) is 5.23. The van der Waals surface area contributed by atoms with Gasteiger partial charge in [-0.3, -0.25) is 9.69 Å². The summed E-state index contributed by atoms with van der Waals surface area (Å²) >= 11 is 0. The van der Waals surface area contributed by atoms with Crippen molar-refractivity contribution in [2.75, 3.05) is 39.8 Å². The van der Waals surface area contributed by atoms with Crippen molar-refractivity contribution < 1.29 is 13.2 Å². The van der Waals surface area contributed by atoms with Crippen molar-refractivity contribution in [3.63, 3.8) is 0 Å². The Kier molecular flexibility index (Phi) is 6.72. The van der Waals surface area contributed by atoms with Crippen molar-refractivity contribution >= 4 is 15.9 Å². The van der Waals surface area contributed by atoms with Gasteiger partial charge in [0.1, 0.15) is 0 Å². The predicted octanol–water partition coefficient (Wildman–Crippen LogP) is 2.27. The highest BCUT2D eigenvalue weighted by Gasteiger charge is 2.27. The van der Waals surface area contributed by atoms with Crippen LogP contribution >= 0.6 is 0 Å². The summed E-state index contributed by atoms with van der Waals surface area (Å²) in [5.41, 5.74) is 3.21. The first-order valence-corrected chi connectivity index (χ1v) is 11.3. The number of likely N-dealkylation sites (N-methyl/N-ethyl adjacent to an activating group) is 1. The van der Waals surface area contributed by atoms with Gasteiger partial charge >= 0.3 is 0 Å². The van der Waals surface area contributed by atoms with Crippen LogP contribution in [0, 0.1) is 13.8 Å². The molecule has 1 aliphatic heterocycles. The van der Waals surface area contributed by atoms with Crippen molar-refractivity contribution in [3.05, 3.63) is 65.2 Å². The summed E-state index contributed by atoms with van der Waals surface area (Å²) < 4.78 is 26.8. The van der Waals surface area contributed by atoms with Crippen LogP contribution in [0.4, 0.5) is 0 Å². The molecule has 1 heterocycles. The van der Waals surface area contributed by atoms with Gasteiger partial charge in [0.25, 0.3) is 0 Å². The van der Waals surface area contributed by atoms with Gasteiger partial charge < -0.3 is 4.90 Å². The fraction of sp³-hybridized carbons (Fsp3) is 0.409. The molecule has 0 N–H and O–H groups in total. The van der Waals surface area contributed by atoms with E-state index in [4.69, 9.17) is 0 Å². The zero-order chi connectivity index (χ0) is 21.0. The minimum Gasteiger partial charge on any atom is -0.339 e. The van der Waals surface area contributed by atoms with E-state index in [0.717, 1.165) is 35.1 Å². The number of hydrogen-bond acceptors (Lipinski definition) is 4. The Morgan fingerprint density at radius 2 is 1.62 bits per heavy atom. The second kappa shape index (κ2) is 9.07. The molecule has 0 atom stereocenters. The number of carbonyl (C=O) groups excluding carboxylic acids is 1. The molecule has 2 aromatic carbocycles. The van der Waals surface area contributed by atoms with E-state index in [1.807, 2.05) is 32.0 Å². The molecule has 0 saturated carbocycles. The van der Waals surface area contributed by atoms with Crippen LogP contribution in [0.1, 0.15) is 16.7 Å². The van der Waals surface area contributed by atoms with E-state index in [9.17, 15) is 13.2 Å². The molecule has 0 radical (unpaired) electrons. The summed E-state index contributed by atoms with van der Waals surface area (Å²) in [7, 11) is -2.22. The lowest BCUT2D eigenvalue weighted by Crippen LogP contribution is -2.51. The molecule has 1 aliphatic rings. The normalized spacial score (nSPS) is 15.7. The summed E-state index contributed by atoms with van der Waals surface area (Å²) in [5, 5.41) is 0. The zero-order valence-electron chi connectivity index (χ0n) is 17.3.